The van der Waals surface area contributed by atoms with Crippen LogP contribution < -0.4 is 11.1 Å². The molecule has 1 unspecified atom stereocenters. The molecule has 0 bridgehead atoms. The van der Waals surface area contributed by atoms with Gasteiger partial charge in [-0.15, -0.1) is 0 Å². The third-order valence-corrected chi connectivity index (χ3v) is 3.89. The Balaban J connectivity index is 2.04. The van der Waals surface area contributed by atoms with Crippen LogP contribution in [0.25, 0.3) is 0 Å². The normalized spacial score (nSPS) is 20.9. The Morgan fingerprint density at radius 1 is 1.41 bits per heavy atom. The molecule has 2 rings (SSSR count). The van der Waals surface area contributed by atoms with Crippen LogP contribution in [0.1, 0.15) is 24.8 Å². The van der Waals surface area contributed by atoms with Gasteiger partial charge in [0.2, 0.25) is 0 Å². The van der Waals surface area contributed by atoms with Crippen LogP contribution in [0.3, 0.4) is 0 Å². The van der Waals surface area contributed by atoms with Crippen molar-refractivity contribution in [2.24, 2.45) is 11.7 Å². The first-order valence-corrected chi connectivity index (χ1v) is 6.48. The van der Waals surface area contributed by atoms with Gasteiger partial charge in [-0.25, -0.2) is 0 Å². The minimum absolute atomic E-state index is 0.443. The fraction of sp³-hybridized carbons (Fsp3) is 0.385. The van der Waals surface area contributed by atoms with Gasteiger partial charge in [-0.1, -0.05) is 36.2 Å². The number of rotatable bonds is 3. The fourth-order valence-corrected chi connectivity index (χ4v) is 2.49. The van der Waals surface area contributed by atoms with E-state index < -0.39 is 0 Å². The lowest BCUT2D eigenvalue weighted by Gasteiger charge is -2.15. The first-order valence-electron chi connectivity index (χ1n) is 5.72. The zero-order chi connectivity index (χ0) is 12.4. The molecule has 0 saturated carbocycles. The average molecular weight is 271 g/mol. The SMILES string of the molecule is CC(C[C@H]1C=C(N)NC1)c1ccc(Cl)c(Cl)c1. The van der Waals surface area contributed by atoms with Gasteiger partial charge in [0.25, 0.3) is 0 Å². The van der Waals surface area contributed by atoms with Gasteiger partial charge in [0.05, 0.1) is 15.9 Å². The maximum atomic E-state index is 6.02. The van der Waals surface area contributed by atoms with Crippen molar-refractivity contribution in [1.82, 2.24) is 5.32 Å². The molecular weight excluding hydrogens is 255 g/mol. The molecule has 0 aromatic heterocycles. The zero-order valence-corrected chi connectivity index (χ0v) is 11.2. The second-order valence-electron chi connectivity index (χ2n) is 4.57. The summed E-state index contributed by atoms with van der Waals surface area (Å²) in [5, 5.41) is 4.37. The number of hydrogen-bond acceptors (Lipinski definition) is 2. The van der Waals surface area contributed by atoms with E-state index in [4.69, 9.17) is 28.9 Å². The molecule has 0 saturated heterocycles. The summed E-state index contributed by atoms with van der Waals surface area (Å²) in [5.41, 5.74) is 6.92. The highest BCUT2D eigenvalue weighted by Crippen LogP contribution is 2.30. The Hall–Kier alpha value is -0.860. The van der Waals surface area contributed by atoms with Crippen molar-refractivity contribution in [3.63, 3.8) is 0 Å². The van der Waals surface area contributed by atoms with Gasteiger partial charge in [0, 0.05) is 6.54 Å². The van der Waals surface area contributed by atoms with E-state index >= 15 is 0 Å². The first kappa shape index (κ1) is 12.6. The molecule has 0 spiro atoms. The van der Waals surface area contributed by atoms with Crippen molar-refractivity contribution >= 4 is 23.2 Å². The molecule has 2 atom stereocenters. The van der Waals surface area contributed by atoms with Gasteiger partial charge in [0.15, 0.2) is 0 Å². The highest BCUT2D eigenvalue weighted by atomic mass is 35.5. The molecule has 1 aromatic carbocycles. The highest BCUT2D eigenvalue weighted by Gasteiger charge is 2.17. The molecular formula is C13H16Cl2N2. The van der Waals surface area contributed by atoms with Gasteiger partial charge >= 0.3 is 0 Å². The Kier molecular flexibility index (Phi) is 3.85. The quantitative estimate of drug-likeness (QED) is 0.882. The summed E-state index contributed by atoms with van der Waals surface area (Å²) < 4.78 is 0. The molecule has 1 aromatic rings. The van der Waals surface area contributed by atoms with Crippen molar-refractivity contribution in [3.8, 4) is 0 Å². The third-order valence-electron chi connectivity index (χ3n) is 3.15. The molecule has 2 nitrogen and oxygen atoms in total. The van der Waals surface area contributed by atoms with Crippen LogP contribution in [-0.2, 0) is 0 Å². The fourth-order valence-electron chi connectivity index (χ4n) is 2.18. The molecule has 1 heterocycles. The van der Waals surface area contributed by atoms with E-state index in [9.17, 15) is 0 Å². The molecule has 0 aliphatic carbocycles. The van der Waals surface area contributed by atoms with Gasteiger partial charge in [-0.3, -0.25) is 0 Å². The largest absolute Gasteiger partial charge is 0.386 e. The maximum Gasteiger partial charge on any atom is 0.0922 e. The summed E-state index contributed by atoms with van der Waals surface area (Å²) in [5.74, 6) is 1.73. The van der Waals surface area contributed by atoms with Gasteiger partial charge in [-0.05, 0) is 42.0 Å². The topological polar surface area (TPSA) is 38.0 Å². The highest BCUT2D eigenvalue weighted by molar-refractivity contribution is 6.42. The van der Waals surface area contributed by atoms with Crippen LogP contribution in [0, 0.1) is 5.92 Å². The van der Waals surface area contributed by atoms with Gasteiger partial charge < -0.3 is 11.1 Å². The van der Waals surface area contributed by atoms with Crippen molar-refractivity contribution < 1.29 is 0 Å². The zero-order valence-electron chi connectivity index (χ0n) is 9.71. The first-order chi connectivity index (χ1) is 8.06. The molecule has 0 fully saturated rings. The molecule has 4 heteroatoms. The molecule has 3 N–H and O–H groups in total. The second-order valence-corrected chi connectivity index (χ2v) is 5.39. The van der Waals surface area contributed by atoms with Gasteiger partial charge in [-0.2, -0.15) is 0 Å². The molecule has 1 aliphatic heterocycles. The number of nitrogens with one attached hydrogen (secondary N) is 1. The summed E-state index contributed by atoms with van der Waals surface area (Å²) >= 11 is 11.9. The Morgan fingerprint density at radius 3 is 2.76 bits per heavy atom. The lowest BCUT2D eigenvalue weighted by atomic mass is 9.91. The molecule has 17 heavy (non-hydrogen) atoms. The standard InChI is InChI=1S/C13H16Cl2N2/c1-8(4-9-5-13(16)17-7-9)10-2-3-11(14)12(15)6-10/h2-3,5-6,8-9,17H,4,7,16H2,1H3/t8?,9-/m0/s1. The Morgan fingerprint density at radius 2 is 2.18 bits per heavy atom. The molecule has 1 aliphatic rings. The summed E-state index contributed by atoms with van der Waals surface area (Å²) in [6, 6.07) is 5.84. The number of benzene rings is 1. The van der Waals surface area contributed by atoms with Crippen LogP contribution in [0.4, 0.5) is 0 Å². The van der Waals surface area contributed by atoms with Crippen LogP contribution >= 0.6 is 23.2 Å². The lowest BCUT2D eigenvalue weighted by Crippen LogP contribution is -2.17. The van der Waals surface area contributed by atoms with Crippen LogP contribution in [0.15, 0.2) is 30.1 Å². The van der Waals surface area contributed by atoms with Crippen LogP contribution in [0.2, 0.25) is 10.0 Å². The van der Waals surface area contributed by atoms with E-state index in [-0.39, 0.29) is 0 Å². The molecule has 0 amide bonds. The predicted octanol–water partition coefficient (Wildman–Crippen LogP) is 3.51. The summed E-state index contributed by atoms with van der Waals surface area (Å²) in [6.45, 7) is 3.12. The Labute approximate surface area is 112 Å². The monoisotopic (exact) mass is 270 g/mol. The van der Waals surface area contributed by atoms with E-state index in [1.807, 2.05) is 18.2 Å². The van der Waals surface area contributed by atoms with Crippen molar-refractivity contribution in [3.05, 3.63) is 45.7 Å². The smallest absolute Gasteiger partial charge is 0.0922 e. The number of hydrogen-bond donors (Lipinski definition) is 2. The van der Waals surface area contributed by atoms with E-state index in [1.165, 1.54) is 5.56 Å². The Bertz CT molecular complexity index is 443. The minimum atomic E-state index is 0.443. The van der Waals surface area contributed by atoms with Crippen LogP contribution in [0.5, 0.6) is 0 Å². The van der Waals surface area contributed by atoms with E-state index in [2.05, 4.69) is 18.3 Å². The molecule has 0 radical (unpaired) electrons. The summed E-state index contributed by atoms with van der Waals surface area (Å²) in [4.78, 5) is 0. The van der Waals surface area contributed by atoms with E-state index in [0.29, 0.717) is 21.9 Å². The van der Waals surface area contributed by atoms with Crippen molar-refractivity contribution in [1.29, 1.82) is 0 Å². The number of halogens is 2. The third kappa shape index (κ3) is 3.08. The average Bonchev–Trinajstić information content (AvgIpc) is 2.68. The molecule has 92 valence electrons. The summed E-state index contributed by atoms with van der Waals surface area (Å²) in [6.07, 6.45) is 3.15. The van der Waals surface area contributed by atoms with Gasteiger partial charge in [0.1, 0.15) is 0 Å². The minimum Gasteiger partial charge on any atom is -0.386 e. The van der Waals surface area contributed by atoms with Crippen molar-refractivity contribution in [2.75, 3.05) is 6.54 Å². The van der Waals surface area contributed by atoms with Crippen molar-refractivity contribution in [2.45, 2.75) is 19.3 Å². The predicted molar refractivity (Wildman–Crippen MR) is 73.3 cm³/mol. The van der Waals surface area contributed by atoms with E-state index in [1.54, 1.807) is 0 Å². The second kappa shape index (κ2) is 5.19. The lowest BCUT2D eigenvalue weighted by molar-refractivity contribution is 0.537. The number of nitrogens with two attached hydrogens (primary N) is 1. The van der Waals surface area contributed by atoms with Crippen LogP contribution in [-0.4, -0.2) is 6.54 Å². The maximum absolute atomic E-state index is 6.02. The van der Waals surface area contributed by atoms with E-state index in [0.717, 1.165) is 18.8 Å². The summed E-state index contributed by atoms with van der Waals surface area (Å²) in [7, 11) is 0.